The smallest absolute Gasteiger partial charge is 0.262 e. The summed E-state index contributed by atoms with van der Waals surface area (Å²) in [6, 6.07) is 16.3. The molecule has 3 aromatic carbocycles. The van der Waals surface area contributed by atoms with Crippen LogP contribution in [-0.4, -0.2) is 18.8 Å². The molecule has 1 amide bonds. The van der Waals surface area contributed by atoms with Crippen LogP contribution in [-0.2, 0) is 4.79 Å². The molecule has 0 unspecified atom stereocenters. The van der Waals surface area contributed by atoms with Crippen LogP contribution >= 0.6 is 11.6 Å². The first-order chi connectivity index (χ1) is 12.1. The first kappa shape index (κ1) is 17.0. The van der Waals surface area contributed by atoms with Gasteiger partial charge in [0.1, 0.15) is 5.75 Å². The third-order valence-electron chi connectivity index (χ3n) is 3.88. The highest BCUT2D eigenvalue weighted by Crippen LogP contribution is 2.26. The maximum atomic E-state index is 12.1. The fourth-order valence-corrected chi connectivity index (χ4v) is 2.75. The molecule has 0 bridgehead atoms. The van der Waals surface area contributed by atoms with Crippen LogP contribution in [0.25, 0.3) is 10.8 Å². The molecule has 0 saturated heterocycles. The first-order valence-corrected chi connectivity index (χ1v) is 8.12. The normalized spacial score (nSPS) is 10.5. The maximum Gasteiger partial charge on any atom is 0.262 e. The standard InChI is InChI=1S/C20H16ClNO3/c1-13-6-8-15(21)10-18(13)22-20(24)12-25-19-9-7-14-4-2-3-5-16(14)17(19)11-23/h2-11H,12H2,1H3,(H,22,24). The van der Waals surface area contributed by atoms with Gasteiger partial charge in [-0.2, -0.15) is 0 Å². The van der Waals surface area contributed by atoms with Gasteiger partial charge in [-0.15, -0.1) is 0 Å². The van der Waals surface area contributed by atoms with E-state index in [9.17, 15) is 9.59 Å². The number of hydrogen-bond donors (Lipinski definition) is 1. The average Bonchev–Trinajstić information content (AvgIpc) is 2.62. The van der Waals surface area contributed by atoms with Crippen molar-refractivity contribution in [1.82, 2.24) is 0 Å². The molecule has 126 valence electrons. The molecule has 0 aliphatic carbocycles. The van der Waals surface area contributed by atoms with E-state index in [-0.39, 0.29) is 12.5 Å². The quantitative estimate of drug-likeness (QED) is 0.680. The molecule has 0 radical (unpaired) electrons. The number of anilines is 1. The molecule has 5 heteroatoms. The molecule has 0 aliphatic rings. The third kappa shape index (κ3) is 3.80. The fraction of sp³-hybridized carbons (Fsp3) is 0.100. The van der Waals surface area contributed by atoms with Crippen LogP contribution < -0.4 is 10.1 Å². The lowest BCUT2D eigenvalue weighted by Gasteiger charge is -2.12. The molecular weight excluding hydrogens is 338 g/mol. The maximum absolute atomic E-state index is 12.1. The van der Waals surface area contributed by atoms with Crippen LogP contribution in [0.1, 0.15) is 15.9 Å². The third-order valence-corrected chi connectivity index (χ3v) is 4.12. The first-order valence-electron chi connectivity index (χ1n) is 7.74. The van der Waals surface area contributed by atoms with Crippen molar-refractivity contribution in [2.75, 3.05) is 11.9 Å². The highest BCUT2D eigenvalue weighted by atomic mass is 35.5. The lowest BCUT2D eigenvalue weighted by Crippen LogP contribution is -2.21. The van der Waals surface area contributed by atoms with Gasteiger partial charge < -0.3 is 10.1 Å². The summed E-state index contributed by atoms with van der Waals surface area (Å²) in [6.07, 6.45) is 0.747. The van der Waals surface area contributed by atoms with E-state index in [2.05, 4.69) is 5.32 Å². The minimum absolute atomic E-state index is 0.203. The molecule has 0 fully saturated rings. The number of hydrogen-bond acceptors (Lipinski definition) is 3. The minimum Gasteiger partial charge on any atom is -0.483 e. The Morgan fingerprint density at radius 2 is 1.96 bits per heavy atom. The van der Waals surface area contributed by atoms with Gasteiger partial charge in [0.25, 0.3) is 5.91 Å². The second kappa shape index (κ2) is 7.36. The molecule has 0 heterocycles. The predicted octanol–water partition coefficient (Wildman–Crippen LogP) is 4.63. The topological polar surface area (TPSA) is 55.4 Å². The largest absolute Gasteiger partial charge is 0.483 e. The Hall–Kier alpha value is -2.85. The van der Waals surface area contributed by atoms with E-state index in [1.54, 1.807) is 18.2 Å². The Bertz CT molecular complexity index is 953. The number of rotatable bonds is 5. The monoisotopic (exact) mass is 353 g/mol. The number of carbonyl (C=O) groups is 2. The van der Waals surface area contributed by atoms with Gasteiger partial charge in [-0.25, -0.2) is 0 Å². The molecule has 3 aromatic rings. The van der Waals surface area contributed by atoms with Crippen molar-refractivity contribution >= 4 is 40.3 Å². The average molecular weight is 354 g/mol. The zero-order chi connectivity index (χ0) is 17.8. The van der Waals surface area contributed by atoms with E-state index in [1.807, 2.05) is 43.3 Å². The zero-order valence-corrected chi connectivity index (χ0v) is 14.3. The van der Waals surface area contributed by atoms with Crippen molar-refractivity contribution in [1.29, 1.82) is 0 Å². The van der Waals surface area contributed by atoms with Crippen molar-refractivity contribution in [3.8, 4) is 5.75 Å². The van der Waals surface area contributed by atoms with E-state index in [0.29, 0.717) is 22.0 Å². The summed E-state index contributed by atoms with van der Waals surface area (Å²) >= 11 is 5.95. The Balaban J connectivity index is 1.75. The highest BCUT2D eigenvalue weighted by molar-refractivity contribution is 6.31. The number of aryl methyl sites for hydroxylation is 1. The van der Waals surface area contributed by atoms with Gasteiger partial charge in [0, 0.05) is 10.7 Å². The van der Waals surface area contributed by atoms with E-state index in [4.69, 9.17) is 16.3 Å². The van der Waals surface area contributed by atoms with E-state index < -0.39 is 0 Å². The summed E-state index contributed by atoms with van der Waals surface area (Å²) in [6.45, 7) is 1.67. The number of ether oxygens (including phenoxy) is 1. The molecule has 1 N–H and O–H groups in total. The molecule has 3 rings (SSSR count). The van der Waals surface area contributed by atoms with Gasteiger partial charge in [-0.1, -0.05) is 48.0 Å². The number of aldehydes is 1. The summed E-state index contributed by atoms with van der Waals surface area (Å²) in [5.41, 5.74) is 1.97. The molecule has 0 spiro atoms. The number of benzene rings is 3. The number of amides is 1. The van der Waals surface area contributed by atoms with Crippen molar-refractivity contribution in [3.63, 3.8) is 0 Å². The van der Waals surface area contributed by atoms with Crippen molar-refractivity contribution in [2.24, 2.45) is 0 Å². The SMILES string of the molecule is Cc1ccc(Cl)cc1NC(=O)COc1ccc2ccccc2c1C=O. The summed E-state index contributed by atoms with van der Waals surface area (Å²) in [4.78, 5) is 23.6. The van der Waals surface area contributed by atoms with Crippen LogP contribution in [0.2, 0.25) is 5.02 Å². The van der Waals surface area contributed by atoms with Crippen LogP contribution in [0.3, 0.4) is 0 Å². The van der Waals surface area contributed by atoms with Crippen molar-refractivity contribution in [3.05, 3.63) is 70.7 Å². The second-order valence-electron chi connectivity index (χ2n) is 5.61. The van der Waals surface area contributed by atoms with Gasteiger partial charge >= 0.3 is 0 Å². The van der Waals surface area contributed by atoms with E-state index >= 15 is 0 Å². The predicted molar refractivity (Wildman–Crippen MR) is 99.6 cm³/mol. The van der Waals surface area contributed by atoms with E-state index in [1.165, 1.54) is 0 Å². The Kier molecular flexibility index (Phi) is 5.00. The number of halogens is 1. The summed E-state index contributed by atoms with van der Waals surface area (Å²) in [5, 5.41) is 5.03. The van der Waals surface area contributed by atoms with Crippen molar-refractivity contribution < 1.29 is 14.3 Å². The molecule has 0 aromatic heterocycles. The lowest BCUT2D eigenvalue weighted by molar-refractivity contribution is -0.118. The van der Waals surface area contributed by atoms with Gasteiger partial charge in [0.2, 0.25) is 0 Å². The molecular formula is C20H16ClNO3. The number of nitrogens with one attached hydrogen (secondary N) is 1. The lowest BCUT2D eigenvalue weighted by atomic mass is 10.0. The summed E-state index contributed by atoms with van der Waals surface area (Å²) in [7, 11) is 0. The minimum atomic E-state index is -0.324. The Morgan fingerprint density at radius 3 is 2.76 bits per heavy atom. The Labute approximate surface area is 150 Å². The highest BCUT2D eigenvalue weighted by Gasteiger charge is 2.11. The molecule has 4 nitrogen and oxygen atoms in total. The molecule has 0 aliphatic heterocycles. The fourth-order valence-electron chi connectivity index (χ4n) is 2.58. The van der Waals surface area contributed by atoms with E-state index in [0.717, 1.165) is 22.6 Å². The second-order valence-corrected chi connectivity index (χ2v) is 6.05. The van der Waals surface area contributed by atoms with Gasteiger partial charge in [0.05, 0.1) is 5.56 Å². The van der Waals surface area contributed by atoms with Crippen LogP contribution in [0, 0.1) is 6.92 Å². The van der Waals surface area contributed by atoms with Gasteiger partial charge in [-0.3, -0.25) is 9.59 Å². The number of carbonyl (C=O) groups excluding carboxylic acids is 2. The molecule has 25 heavy (non-hydrogen) atoms. The summed E-state index contributed by atoms with van der Waals surface area (Å²) in [5.74, 6) is 0.0574. The van der Waals surface area contributed by atoms with Crippen LogP contribution in [0.4, 0.5) is 5.69 Å². The van der Waals surface area contributed by atoms with Gasteiger partial charge in [0.15, 0.2) is 12.9 Å². The van der Waals surface area contributed by atoms with Gasteiger partial charge in [-0.05, 0) is 41.5 Å². The number of fused-ring (bicyclic) bond motifs is 1. The van der Waals surface area contributed by atoms with Crippen LogP contribution in [0.15, 0.2) is 54.6 Å². The molecule has 0 atom stereocenters. The Morgan fingerprint density at radius 1 is 1.16 bits per heavy atom. The van der Waals surface area contributed by atoms with Crippen molar-refractivity contribution in [2.45, 2.75) is 6.92 Å². The summed E-state index contributed by atoms with van der Waals surface area (Å²) < 4.78 is 5.56. The van der Waals surface area contributed by atoms with Crippen LogP contribution in [0.5, 0.6) is 5.75 Å². The molecule has 0 saturated carbocycles. The zero-order valence-electron chi connectivity index (χ0n) is 13.6.